The first-order chi connectivity index (χ1) is 9.57. The van der Waals surface area contributed by atoms with Crippen molar-refractivity contribution in [2.45, 2.75) is 29.9 Å². The number of rotatable bonds is 5. The number of benzene rings is 1. The first kappa shape index (κ1) is 23.5. The third-order valence-electron chi connectivity index (χ3n) is 3.07. The molecule has 0 aliphatic heterocycles. The van der Waals surface area contributed by atoms with Crippen LogP contribution in [0, 0.1) is 0 Å². The second-order valence-electron chi connectivity index (χ2n) is 4.66. The van der Waals surface area contributed by atoms with Crippen LogP contribution in [0.25, 0.3) is 11.0 Å². The quantitative estimate of drug-likeness (QED) is 0.403. The number of fused-ring (bicyclic) bond motifs is 1. The topological polar surface area (TPSA) is 143 Å². The van der Waals surface area contributed by atoms with Gasteiger partial charge in [0.15, 0.2) is 0 Å². The van der Waals surface area contributed by atoms with Gasteiger partial charge in [-0.05, 0) is 31.5 Å². The maximum absolute atomic E-state index is 10.9. The van der Waals surface area contributed by atoms with Gasteiger partial charge in [0.05, 0.1) is 26.0 Å². The van der Waals surface area contributed by atoms with Crippen molar-refractivity contribution < 1.29 is 85.1 Å². The predicted octanol–water partition coefficient (Wildman–Crippen LogP) is -5.66. The van der Waals surface area contributed by atoms with Crippen LogP contribution >= 0.6 is 0 Å². The molecule has 0 aliphatic carbocycles. The van der Waals surface area contributed by atoms with Crippen LogP contribution in [0.5, 0.6) is 0 Å². The molecule has 0 spiro atoms. The Morgan fingerprint density at radius 1 is 1.17 bits per heavy atom. The summed E-state index contributed by atoms with van der Waals surface area (Å²) in [5, 5.41) is -1.04. The molecule has 1 aromatic carbocycles. The fourth-order valence-electron chi connectivity index (χ4n) is 1.80. The largest absolute Gasteiger partial charge is 1.00 e. The Hall–Kier alpha value is 0.510. The molecule has 23 heavy (non-hydrogen) atoms. The van der Waals surface area contributed by atoms with E-state index in [4.69, 9.17) is 0 Å². The summed E-state index contributed by atoms with van der Waals surface area (Å²) in [6.07, 6.45) is 0.315. The molecule has 1 atom stereocenters. The van der Waals surface area contributed by atoms with Crippen molar-refractivity contribution in [2.75, 3.05) is 0 Å². The van der Waals surface area contributed by atoms with Crippen molar-refractivity contribution in [3.63, 3.8) is 0 Å². The second kappa shape index (κ2) is 8.75. The van der Waals surface area contributed by atoms with E-state index in [9.17, 15) is 25.9 Å². The molecule has 0 aliphatic rings. The van der Waals surface area contributed by atoms with Crippen LogP contribution in [-0.2, 0) is 26.7 Å². The number of hydrogen-bond acceptors (Lipinski definition) is 7. The number of nitrogens with zero attached hydrogens (tertiary/aromatic N) is 1. The van der Waals surface area contributed by atoms with E-state index in [-0.39, 0.29) is 76.9 Å². The van der Waals surface area contributed by atoms with E-state index >= 15 is 0 Å². The molecule has 0 saturated heterocycles. The standard InChI is InChI=1S/C11H14N2O6S2.2Na/c1-7(20(14,15)16)2-5-11-12-9-4-3-8(21(17,18)19)6-10(9)13-11;;/h3-4,6-7H,2,5H2,1H3,(H,12,13)(H,14,15,16)(H,17,18,19);;/q;2*+1/p-2. The van der Waals surface area contributed by atoms with Crippen molar-refractivity contribution in [1.82, 2.24) is 9.97 Å². The van der Waals surface area contributed by atoms with Gasteiger partial charge in [-0.3, -0.25) is 0 Å². The molecule has 1 N–H and O–H groups in total. The number of aryl methyl sites for hydroxylation is 1. The van der Waals surface area contributed by atoms with Crippen LogP contribution in [0.15, 0.2) is 23.1 Å². The summed E-state index contributed by atoms with van der Waals surface area (Å²) in [6.45, 7) is 1.31. The second-order valence-corrected chi connectivity index (χ2v) is 7.83. The van der Waals surface area contributed by atoms with Crippen molar-refractivity contribution in [1.29, 1.82) is 0 Å². The van der Waals surface area contributed by atoms with E-state index < -0.39 is 25.5 Å². The van der Waals surface area contributed by atoms with Crippen molar-refractivity contribution in [3.8, 4) is 0 Å². The SMILES string of the molecule is CC(CCc1nc2ccc(S(=O)(=O)[O-])cc2[nH]1)S(=O)(=O)[O-].[Na+].[Na+]. The van der Waals surface area contributed by atoms with Gasteiger partial charge in [-0.25, -0.2) is 21.8 Å². The maximum Gasteiger partial charge on any atom is 1.00 e. The summed E-state index contributed by atoms with van der Waals surface area (Å²) in [6, 6.07) is 3.70. The normalized spacial score (nSPS) is 13.2. The molecule has 0 amide bonds. The van der Waals surface area contributed by atoms with Gasteiger partial charge in [0.25, 0.3) is 0 Å². The van der Waals surface area contributed by atoms with E-state index in [1.54, 1.807) is 0 Å². The molecule has 0 fully saturated rings. The molecule has 12 heteroatoms. The fraction of sp³-hybridized carbons (Fsp3) is 0.364. The van der Waals surface area contributed by atoms with Gasteiger partial charge < -0.3 is 14.1 Å². The average molecular weight is 378 g/mol. The summed E-state index contributed by atoms with van der Waals surface area (Å²) in [5.74, 6) is 0.418. The molecule has 0 saturated carbocycles. The van der Waals surface area contributed by atoms with E-state index in [0.717, 1.165) is 6.07 Å². The Labute approximate surface area is 178 Å². The van der Waals surface area contributed by atoms with Crippen LogP contribution in [0.2, 0.25) is 0 Å². The van der Waals surface area contributed by atoms with Crippen LogP contribution in [0.4, 0.5) is 0 Å². The number of aromatic amines is 1. The third-order valence-corrected chi connectivity index (χ3v) is 5.12. The zero-order valence-electron chi connectivity index (χ0n) is 12.9. The minimum Gasteiger partial charge on any atom is -0.748 e. The Balaban J connectivity index is 0.00000242. The van der Waals surface area contributed by atoms with Crippen LogP contribution in [0.3, 0.4) is 0 Å². The number of nitrogens with one attached hydrogen (secondary N) is 1. The number of imidazole rings is 1. The van der Waals surface area contributed by atoms with Crippen molar-refractivity contribution in [2.24, 2.45) is 0 Å². The Kier molecular flexibility index (Phi) is 8.94. The first-order valence-corrected chi connectivity index (χ1v) is 8.84. The summed E-state index contributed by atoms with van der Waals surface area (Å²) in [7, 11) is -8.89. The Morgan fingerprint density at radius 2 is 1.78 bits per heavy atom. The van der Waals surface area contributed by atoms with Crippen molar-refractivity contribution in [3.05, 3.63) is 24.0 Å². The molecule has 1 unspecified atom stereocenters. The van der Waals surface area contributed by atoms with Gasteiger partial charge in [0, 0.05) is 11.7 Å². The summed E-state index contributed by atoms with van der Waals surface area (Å²) in [4.78, 5) is 6.57. The summed E-state index contributed by atoms with van der Waals surface area (Å²) >= 11 is 0. The average Bonchev–Trinajstić information content (AvgIpc) is 2.75. The fourth-order valence-corrected chi connectivity index (χ4v) is 2.70. The molecule has 2 rings (SSSR count). The molecule has 1 heterocycles. The van der Waals surface area contributed by atoms with Crippen LogP contribution in [0.1, 0.15) is 19.2 Å². The van der Waals surface area contributed by atoms with Crippen molar-refractivity contribution >= 4 is 31.3 Å². The van der Waals surface area contributed by atoms with Gasteiger partial charge in [-0.15, -0.1) is 0 Å². The number of hydrogen-bond donors (Lipinski definition) is 1. The van der Waals surface area contributed by atoms with Gasteiger partial charge in [0.2, 0.25) is 0 Å². The minimum atomic E-state index is -4.55. The number of aromatic nitrogens is 2. The molecule has 0 radical (unpaired) electrons. The van der Waals surface area contributed by atoms with E-state index in [1.165, 1.54) is 19.1 Å². The van der Waals surface area contributed by atoms with Crippen LogP contribution in [-0.4, -0.2) is 41.2 Å². The third kappa shape index (κ3) is 6.38. The molecule has 8 nitrogen and oxygen atoms in total. The molecule has 0 bridgehead atoms. The number of H-pyrrole nitrogens is 1. The monoisotopic (exact) mass is 378 g/mol. The zero-order chi connectivity index (χ0) is 15.8. The molecular formula is C11H12N2Na2O6S2. The van der Waals surface area contributed by atoms with Gasteiger partial charge in [0.1, 0.15) is 15.9 Å². The molecule has 1 aromatic heterocycles. The van der Waals surface area contributed by atoms with Gasteiger partial charge in [-0.2, -0.15) is 0 Å². The predicted molar refractivity (Wildman–Crippen MR) is 71.5 cm³/mol. The Bertz CT molecular complexity index is 879. The smallest absolute Gasteiger partial charge is 0.748 e. The zero-order valence-corrected chi connectivity index (χ0v) is 18.6. The molecule has 2 aromatic rings. The van der Waals surface area contributed by atoms with Gasteiger partial charge in [-0.1, -0.05) is 0 Å². The van der Waals surface area contributed by atoms with Gasteiger partial charge >= 0.3 is 59.1 Å². The van der Waals surface area contributed by atoms with Crippen LogP contribution < -0.4 is 59.1 Å². The van der Waals surface area contributed by atoms with E-state index in [0.29, 0.717) is 16.9 Å². The Morgan fingerprint density at radius 3 is 2.30 bits per heavy atom. The minimum absolute atomic E-state index is 0. The molecular weight excluding hydrogens is 366 g/mol. The summed E-state index contributed by atoms with van der Waals surface area (Å²) < 4.78 is 65.1. The summed E-state index contributed by atoms with van der Waals surface area (Å²) in [5.41, 5.74) is 0.814. The molecule has 116 valence electrons. The first-order valence-electron chi connectivity index (χ1n) is 5.96. The maximum atomic E-state index is 10.9. The van der Waals surface area contributed by atoms with E-state index in [2.05, 4.69) is 9.97 Å². The van der Waals surface area contributed by atoms with E-state index in [1.807, 2.05) is 0 Å².